The van der Waals surface area contributed by atoms with Crippen molar-refractivity contribution in [1.82, 2.24) is 26.3 Å². The molecule has 1 aliphatic heterocycles. The van der Waals surface area contributed by atoms with Gasteiger partial charge in [0.15, 0.2) is 11.7 Å². The molecule has 3 aromatic carbocycles. The van der Waals surface area contributed by atoms with E-state index in [-0.39, 0.29) is 55.6 Å². The van der Waals surface area contributed by atoms with E-state index in [2.05, 4.69) is 31.2 Å². The molecule has 1 fully saturated rings. The lowest BCUT2D eigenvalue weighted by Crippen LogP contribution is -2.58. The number of aliphatic imine (C=N–C) groups is 1. The summed E-state index contributed by atoms with van der Waals surface area (Å²) in [5, 5.41) is 22.9. The Hall–Kier alpha value is -5.63. The average molecular weight is 720 g/mol. The largest absolute Gasteiger partial charge is 0.508 e. The van der Waals surface area contributed by atoms with Crippen molar-refractivity contribution in [3.63, 3.8) is 0 Å². The number of aromatic amines is 1. The average Bonchev–Trinajstić information content (AvgIpc) is 3.56. The molecule has 53 heavy (non-hydrogen) atoms. The number of nitrogens with two attached hydrogens (primary N) is 2. The molecule has 4 aromatic rings. The van der Waals surface area contributed by atoms with E-state index in [1.165, 1.54) is 0 Å². The van der Waals surface area contributed by atoms with Gasteiger partial charge in [-0.1, -0.05) is 73.3 Å². The van der Waals surface area contributed by atoms with Crippen LogP contribution in [0, 0.1) is 0 Å². The van der Waals surface area contributed by atoms with Crippen LogP contribution in [0.3, 0.4) is 0 Å². The molecule has 1 radical (unpaired) electrons. The van der Waals surface area contributed by atoms with Crippen LogP contribution in [0.5, 0.6) is 5.75 Å². The first-order valence-corrected chi connectivity index (χ1v) is 18.1. The summed E-state index contributed by atoms with van der Waals surface area (Å²) >= 11 is 0. The number of nitrogens with zero attached hydrogens (tertiary/aromatic N) is 1. The lowest BCUT2D eigenvalue weighted by atomic mass is 9.69. The van der Waals surface area contributed by atoms with Crippen molar-refractivity contribution in [2.75, 3.05) is 13.1 Å². The molecule has 5 rings (SSSR count). The van der Waals surface area contributed by atoms with Crippen molar-refractivity contribution in [1.29, 1.82) is 0 Å². The Morgan fingerprint density at radius 2 is 1.38 bits per heavy atom. The van der Waals surface area contributed by atoms with Gasteiger partial charge in [0.1, 0.15) is 25.1 Å². The topological polar surface area (TPSA) is 217 Å². The normalized spacial score (nSPS) is 20.8. The van der Waals surface area contributed by atoms with Crippen LogP contribution in [-0.2, 0) is 38.4 Å². The van der Waals surface area contributed by atoms with Gasteiger partial charge >= 0.3 is 0 Å². The van der Waals surface area contributed by atoms with Crippen molar-refractivity contribution in [2.45, 2.75) is 75.3 Å². The van der Waals surface area contributed by atoms with E-state index in [1.807, 2.05) is 68.1 Å². The van der Waals surface area contributed by atoms with Crippen LogP contribution < -0.4 is 32.7 Å². The summed E-state index contributed by atoms with van der Waals surface area (Å²) in [5.41, 5.74) is 14.5. The first-order chi connectivity index (χ1) is 25.7. The van der Waals surface area contributed by atoms with Crippen molar-refractivity contribution < 1.29 is 24.3 Å². The van der Waals surface area contributed by atoms with Gasteiger partial charge in [-0.3, -0.25) is 24.2 Å². The van der Waals surface area contributed by atoms with Crippen LogP contribution in [0.4, 0.5) is 0 Å². The Morgan fingerprint density at radius 3 is 2.15 bits per heavy atom. The van der Waals surface area contributed by atoms with Crippen LogP contribution in [-0.4, -0.2) is 84.1 Å². The number of fused-ring (bicyclic) bond motifs is 1. The fourth-order valence-corrected chi connectivity index (χ4v) is 6.46. The van der Waals surface area contributed by atoms with Crippen LogP contribution in [0.1, 0.15) is 36.0 Å². The zero-order valence-corrected chi connectivity index (χ0v) is 29.7. The second-order valence-corrected chi connectivity index (χ2v) is 13.3. The number of hydrogen-bond acceptors (Lipinski definition) is 7. The van der Waals surface area contributed by atoms with E-state index in [0.717, 1.165) is 27.6 Å². The fourth-order valence-electron chi connectivity index (χ4n) is 6.46. The number of carbonyl (C=O) groups is 4. The number of phenols is 1. The third-order valence-corrected chi connectivity index (χ3v) is 9.32. The Kier molecular flexibility index (Phi) is 14.0. The third kappa shape index (κ3) is 11.7. The van der Waals surface area contributed by atoms with Gasteiger partial charge in [0.05, 0.1) is 12.1 Å². The highest BCUT2D eigenvalue weighted by atomic mass is 16.3. The Morgan fingerprint density at radius 1 is 0.736 bits per heavy atom. The molecule has 1 saturated heterocycles. The molecule has 13 nitrogen and oxygen atoms in total. The van der Waals surface area contributed by atoms with Gasteiger partial charge in [0.2, 0.25) is 17.7 Å². The summed E-state index contributed by atoms with van der Waals surface area (Å²) in [6, 6.07) is 20.0. The molecular weight excluding hydrogens is 671 g/mol. The number of aromatic nitrogens is 1. The predicted octanol–water partition coefficient (Wildman–Crippen LogP) is 1.88. The summed E-state index contributed by atoms with van der Waals surface area (Å²) in [7, 11) is 2.00. The number of nitrogens with one attached hydrogen (secondary N) is 5. The number of amides is 3. The number of aromatic hydroxyl groups is 1. The Balaban J connectivity index is 1.44. The van der Waals surface area contributed by atoms with E-state index >= 15 is 0 Å². The molecule has 1 aliphatic rings. The first-order valence-electron chi connectivity index (χ1n) is 18.1. The van der Waals surface area contributed by atoms with Gasteiger partial charge in [-0.25, -0.2) is 0 Å². The summed E-state index contributed by atoms with van der Waals surface area (Å²) in [6.45, 7) is 0.678. The minimum Gasteiger partial charge on any atom is -0.508 e. The number of phenolic OH excluding ortho intramolecular Hbond substituents is 1. The van der Waals surface area contributed by atoms with Gasteiger partial charge in [-0.05, 0) is 60.7 Å². The van der Waals surface area contributed by atoms with Crippen LogP contribution >= 0.6 is 0 Å². The number of benzene rings is 3. The maximum atomic E-state index is 14.2. The minimum atomic E-state index is -1.06. The SMILES string of the molecule is NC(N)=NCCC[C@@H]1NC(=O)[C@@H](Cc2ccccc2)NC(=O)[C@H](Cc2ccc(O)cc2)NCC[B]CCC(=O)[C@H](Cc2c[nH]c3ccccc23)NC1=O. The standard InChI is InChI=1S/C39H48BN8O5/c41-39(42)44-19-6-11-31-36(51)47-32(23-27-24-45-30-10-5-4-9-29(27)30)35(50)16-17-40-18-20-43-33(21-26-12-14-28(49)15-13-26)37(52)48-34(38(53)46-31)22-25-7-2-1-3-8-25/h1-5,7-10,12-15,24,31-34,43,45,49H,6,11,16-23H2,(H,46,53)(H,47,51)(H,48,52)(H4,41,42,44)/t31-,32-,33-,34+/m0/s1. The number of hydrogen-bond donors (Lipinski definition) is 8. The molecular formula is C39H48BN8O5. The number of para-hydroxylation sites is 1. The zero-order chi connectivity index (χ0) is 37.6. The van der Waals surface area contributed by atoms with E-state index < -0.39 is 36.0 Å². The number of H-pyrrole nitrogens is 1. The number of rotatable bonds is 10. The maximum absolute atomic E-state index is 14.2. The van der Waals surface area contributed by atoms with E-state index in [0.29, 0.717) is 32.0 Å². The molecule has 0 aliphatic carbocycles. The van der Waals surface area contributed by atoms with Gasteiger partial charge in [-0.2, -0.15) is 0 Å². The number of Topliss-reactive ketones (excluding diaryl/α,β-unsaturated/α-hetero) is 1. The number of guanidine groups is 1. The molecule has 0 bridgehead atoms. The zero-order valence-electron chi connectivity index (χ0n) is 29.7. The van der Waals surface area contributed by atoms with Crippen molar-refractivity contribution in [2.24, 2.45) is 16.5 Å². The van der Waals surface area contributed by atoms with Crippen LogP contribution in [0.25, 0.3) is 10.9 Å². The highest BCUT2D eigenvalue weighted by Gasteiger charge is 2.31. The highest BCUT2D eigenvalue weighted by molar-refractivity contribution is 6.36. The molecule has 4 atom stereocenters. The smallest absolute Gasteiger partial charge is 0.243 e. The summed E-state index contributed by atoms with van der Waals surface area (Å²) < 4.78 is 0. The first kappa shape index (κ1) is 38.6. The summed E-state index contributed by atoms with van der Waals surface area (Å²) in [6.07, 6.45) is 4.38. The summed E-state index contributed by atoms with van der Waals surface area (Å²) in [5.74, 6) is -1.57. The predicted molar refractivity (Wildman–Crippen MR) is 206 cm³/mol. The van der Waals surface area contributed by atoms with Crippen LogP contribution in [0.2, 0.25) is 12.6 Å². The molecule has 0 saturated carbocycles. The lowest BCUT2D eigenvalue weighted by molar-refractivity contribution is -0.133. The Bertz CT molecular complexity index is 1860. The highest BCUT2D eigenvalue weighted by Crippen LogP contribution is 2.20. The number of carbonyl (C=O) groups excluding carboxylic acids is 4. The maximum Gasteiger partial charge on any atom is 0.243 e. The molecule has 277 valence electrons. The van der Waals surface area contributed by atoms with Crippen molar-refractivity contribution >= 4 is 47.6 Å². The van der Waals surface area contributed by atoms with Crippen molar-refractivity contribution in [3.05, 3.63) is 102 Å². The molecule has 3 amide bonds. The molecule has 1 aromatic heterocycles. The fraction of sp³-hybridized carbons (Fsp3) is 0.359. The van der Waals surface area contributed by atoms with E-state index in [4.69, 9.17) is 11.5 Å². The van der Waals surface area contributed by atoms with Gasteiger partial charge < -0.3 is 42.8 Å². The van der Waals surface area contributed by atoms with Crippen molar-refractivity contribution in [3.8, 4) is 5.75 Å². The van der Waals surface area contributed by atoms with Crippen LogP contribution in [0.15, 0.2) is 90.1 Å². The second-order valence-electron chi connectivity index (χ2n) is 13.3. The molecule has 0 unspecified atom stereocenters. The monoisotopic (exact) mass is 719 g/mol. The third-order valence-electron chi connectivity index (χ3n) is 9.32. The van der Waals surface area contributed by atoms with E-state index in [1.54, 1.807) is 24.3 Å². The molecule has 0 spiro atoms. The minimum absolute atomic E-state index is 0.0882. The van der Waals surface area contributed by atoms with Gasteiger partial charge in [0, 0.05) is 42.9 Å². The van der Waals surface area contributed by atoms with E-state index in [9.17, 15) is 24.3 Å². The quantitative estimate of drug-likeness (QED) is 0.0523. The molecule has 2 heterocycles. The summed E-state index contributed by atoms with van der Waals surface area (Å²) in [4.78, 5) is 63.3. The second kappa shape index (κ2) is 19.3. The number of ketones is 1. The Labute approximate surface area is 310 Å². The lowest BCUT2D eigenvalue weighted by Gasteiger charge is -2.26. The van der Waals surface area contributed by atoms with Gasteiger partial charge in [0.25, 0.3) is 0 Å². The molecule has 10 N–H and O–H groups in total. The van der Waals surface area contributed by atoms with Gasteiger partial charge in [-0.15, -0.1) is 0 Å². The molecule has 14 heteroatoms.